The maximum absolute atomic E-state index is 9.65. The van der Waals surface area contributed by atoms with E-state index in [-0.39, 0.29) is 17.2 Å². The molecule has 2 aromatic heterocycles. The van der Waals surface area contributed by atoms with Crippen LogP contribution in [-0.2, 0) is 7.05 Å². The van der Waals surface area contributed by atoms with Gasteiger partial charge in [0.1, 0.15) is 17.7 Å². The SMILES string of the molecule is [C-]#[N+]/C(C#N)=C1\C(=C/c2nc3c(cc(-c4ccccc4)n3C)o2)C(=C(C#N)C#N)c2ccccc21. The van der Waals surface area contributed by atoms with Crippen molar-refractivity contribution in [3.63, 3.8) is 0 Å². The molecule has 0 spiro atoms. The number of nitrogens with zero attached hydrogens (tertiary/aromatic N) is 6. The summed E-state index contributed by atoms with van der Waals surface area (Å²) in [5, 5.41) is 29.0. The number of aryl methyl sites for hydroxylation is 1. The van der Waals surface area contributed by atoms with Crippen molar-refractivity contribution in [1.29, 1.82) is 15.8 Å². The lowest BCUT2D eigenvalue weighted by molar-refractivity contribution is 0.589. The third kappa shape index (κ3) is 3.30. The van der Waals surface area contributed by atoms with Crippen LogP contribution in [-0.4, -0.2) is 9.55 Å². The molecule has 7 nitrogen and oxygen atoms in total. The van der Waals surface area contributed by atoms with E-state index in [0.717, 1.165) is 11.3 Å². The van der Waals surface area contributed by atoms with Crippen LogP contribution >= 0.6 is 0 Å². The molecule has 162 valence electrons. The average Bonchev–Trinajstić information content (AvgIpc) is 3.53. The zero-order valence-corrected chi connectivity index (χ0v) is 18.4. The third-order valence-electron chi connectivity index (χ3n) is 5.87. The van der Waals surface area contributed by atoms with Crippen LogP contribution in [0.25, 0.3) is 44.6 Å². The number of hydrogen-bond donors (Lipinski definition) is 0. The van der Waals surface area contributed by atoms with Crippen LogP contribution in [0.2, 0.25) is 0 Å². The maximum atomic E-state index is 9.65. The zero-order chi connectivity index (χ0) is 24.5. The molecule has 0 bridgehead atoms. The number of rotatable bonds is 2. The molecule has 0 unspecified atom stereocenters. The van der Waals surface area contributed by atoms with Crippen molar-refractivity contribution in [2.24, 2.45) is 7.05 Å². The van der Waals surface area contributed by atoms with E-state index >= 15 is 0 Å². The molecular weight excluding hydrogens is 436 g/mol. The summed E-state index contributed by atoms with van der Waals surface area (Å²) in [6.45, 7) is 7.52. The van der Waals surface area contributed by atoms with Gasteiger partial charge in [-0.15, -0.1) is 0 Å². The van der Waals surface area contributed by atoms with Crippen molar-refractivity contribution in [3.8, 4) is 29.5 Å². The average molecular weight is 450 g/mol. The molecule has 0 amide bonds. The summed E-state index contributed by atoms with van der Waals surface area (Å²) in [5.41, 5.74) is 5.17. The molecule has 0 N–H and O–H groups in total. The van der Waals surface area contributed by atoms with Gasteiger partial charge in [-0.05, 0) is 22.3 Å². The smallest absolute Gasteiger partial charge is 0.270 e. The minimum absolute atomic E-state index is 0.122. The molecule has 7 heteroatoms. The topological polar surface area (TPSA) is 107 Å². The molecule has 0 aliphatic heterocycles. The van der Waals surface area contributed by atoms with E-state index in [2.05, 4.69) is 9.83 Å². The van der Waals surface area contributed by atoms with E-state index in [1.165, 1.54) is 0 Å². The molecule has 1 aliphatic rings. The minimum atomic E-state index is -0.142. The van der Waals surface area contributed by atoms with E-state index in [1.807, 2.05) is 66.2 Å². The first-order valence-electron chi connectivity index (χ1n) is 10.5. The summed E-state index contributed by atoms with van der Waals surface area (Å²) in [7, 11) is 1.89. The van der Waals surface area contributed by atoms with Gasteiger partial charge in [0, 0.05) is 30.3 Å². The van der Waals surface area contributed by atoms with Gasteiger partial charge >= 0.3 is 0 Å². The van der Waals surface area contributed by atoms with Gasteiger partial charge in [-0.2, -0.15) is 15.5 Å². The van der Waals surface area contributed by atoms with Crippen molar-refractivity contribution >= 4 is 28.5 Å². The lowest BCUT2D eigenvalue weighted by Gasteiger charge is -2.04. The molecule has 0 atom stereocenters. The van der Waals surface area contributed by atoms with Gasteiger partial charge in [-0.3, -0.25) is 0 Å². The fourth-order valence-electron chi connectivity index (χ4n) is 4.36. The third-order valence-corrected chi connectivity index (χ3v) is 5.87. The van der Waals surface area contributed by atoms with Crippen molar-refractivity contribution in [1.82, 2.24) is 9.55 Å². The summed E-state index contributed by atoms with van der Waals surface area (Å²) in [6.07, 6.45) is 1.59. The molecule has 0 saturated heterocycles. The zero-order valence-electron chi connectivity index (χ0n) is 18.4. The quantitative estimate of drug-likeness (QED) is 0.280. The van der Waals surface area contributed by atoms with Gasteiger partial charge in [-0.25, -0.2) is 10.1 Å². The van der Waals surface area contributed by atoms with Gasteiger partial charge < -0.3 is 8.98 Å². The molecule has 2 aromatic carbocycles. The van der Waals surface area contributed by atoms with Crippen LogP contribution in [0.5, 0.6) is 0 Å². The number of allylic oxidation sites excluding steroid dienone is 5. The lowest BCUT2D eigenvalue weighted by atomic mass is 9.98. The Morgan fingerprint density at radius 2 is 1.63 bits per heavy atom. The van der Waals surface area contributed by atoms with Crippen LogP contribution < -0.4 is 0 Å². The standard InChI is InChI=1S/C28H14N6O/c1-32-22(16-31)27-20-11-7-6-10-19(20)26(18(14-29)15-30)21(27)12-25-33-28-24(35-25)13-23(34(28)2)17-8-4-3-5-9-17/h3-13H,2H3/b21-12-,27-22-. The van der Waals surface area contributed by atoms with Crippen LogP contribution in [0.4, 0.5) is 0 Å². The van der Waals surface area contributed by atoms with Crippen LogP contribution in [0.15, 0.2) is 81.9 Å². The van der Waals surface area contributed by atoms with Gasteiger partial charge in [0.25, 0.3) is 5.70 Å². The van der Waals surface area contributed by atoms with Crippen LogP contribution in [0.1, 0.15) is 17.0 Å². The predicted octanol–water partition coefficient (Wildman–Crippen LogP) is 5.89. The second-order valence-electron chi connectivity index (χ2n) is 7.72. The van der Waals surface area contributed by atoms with E-state index < -0.39 is 0 Å². The number of nitriles is 3. The molecule has 0 saturated carbocycles. The maximum Gasteiger partial charge on any atom is 0.270 e. The number of fused-ring (bicyclic) bond motifs is 2. The largest absolute Gasteiger partial charge is 0.435 e. The predicted molar refractivity (Wildman–Crippen MR) is 130 cm³/mol. The summed E-state index contributed by atoms with van der Waals surface area (Å²) in [4.78, 5) is 8.02. The highest BCUT2D eigenvalue weighted by molar-refractivity contribution is 6.14. The molecule has 0 fully saturated rings. The Morgan fingerprint density at radius 3 is 2.23 bits per heavy atom. The molecule has 5 rings (SSSR count). The molecule has 4 aromatic rings. The van der Waals surface area contributed by atoms with E-state index in [4.69, 9.17) is 11.0 Å². The summed E-state index contributed by atoms with van der Waals surface area (Å²) in [6, 6.07) is 24.7. The van der Waals surface area contributed by atoms with Crippen molar-refractivity contribution in [3.05, 3.63) is 106 Å². The molecule has 0 radical (unpaired) electrons. The second-order valence-corrected chi connectivity index (χ2v) is 7.72. The first-order valence-corrected chi connectivity index (χ1v) is 10.5. The first-order chi connectivity index (χ1) is 17.1. The fourth-order valence-corrected chi connectivity index (χ4v) is 4.36. The number of benzene rings is 2. The highest BCUT2D eigenvalue weighted by atomic mass is 16.3. The van der Waals surface area contributed by atoms with Crippen LogP contribution in [0.3, 0.4) is 0 Å². The van der Waals surface area contributed by atoms with Gasteiger partial charge in [0.15, 0.2) is 11.2 Å². The van der Waals surface area contributed by atoms with Gasteiger partial charge in [-0.1, -0.05) is 54.6 Å². The molecule has 1 aliphatic carbocycles. The molecule has 2 heterocycles. The number of oxazole rings is 1. The van der Waals surface area contributed by atoms with E-state index in [9.17, 15) is 15.8 Å². The lowest BCUT2D eigenvalue weighted by Crippen LogP contribution is -1.92. The van der Waals surface area contributed by atoms with Gasteiger partial charge in [0.2, 0.25) is 5.89 Å². The Kier molecular flexibility index (Phi) is 5.08. The second kappa shape index (κ2) is 8.38. The van der Waals surface area contributed by atoms with Crippen LogP contribution in [0, 0.1) is 40.6 Å². The number of aromatic nitrogens is 2. The molecule has 35 heavy (non-hydrogen) atoms. The summed E-state index contributed by atoms with van der Waals surface area (Å²) >= 11 is 0. The highest BCUT2D eigenvalue weighted by Crippen LogP contribution is 2.49. The fraction of sp³-hybridized carbons (Fsp3) is 0.0357. The Labute approximate surface area is 200 Å². The first kappa shape index (κ1) is 21.2. The molecular formula is C28H14N6O. The minimum Gasteiger partial charge on any atom is -0.435 e. The normalized spacial score (nSPS) is 14.7. The van der Waals surface area contributed by atoms with E-state index in [0.29, 0.717) is 39.1 Å². The number of hydrogen-bond acceptors (Lipinski definition) is 5. The Balaban J connectivity index is 1.76. The van der Waals surface area contributed by atoms with E-state index in [1.54, 1.807) is 30.3 Å². The summed E-state index contributed by atoms with van der Waals surface area (Å²) < 4.78 is 7.94. The van der Waals surface area contributed by atoms with Crippen molar-refractivity contribution in [2.75, 3.05) is 0 Å². The van der Waals surface area contributed by atoms with Gasteiger partial charge in [0.05, 0.1) is 18.3 Å². The Morgan fingerprint density at radius 1 is 0.971 bits per heavy atom. The monoisotopic (exact) mass is 450 g/mol. The summed E-state index contributed by atoms with van der Waals surface area (Å²) in [5.74, 6) is 0.237. The van der Waals surface area contributed by atoms with Crippen molar-refractivity contribution in [2.45, 2.75) is 0 Å². The Hall–Kier alpha value is -5.63. The Bertz CT molecular complexity index is 1680. The van der Waals surface area contributed by atoms with Crippen molar-refractivity contribution < 1.29 is 4.42 Å². The highest BCUT2D eigenvalue weighted by Gasteiger charge is 2.32.